The van der Waals surface area contributed by atoms with E-state index in [9.17, 15) is 4.79 Å². The van der Waals surface area contributed by atoms with Gasteiger partial charge in [0.05, 0.1) is 5.41 Å². The van der Waals surface area contributed by atoms with Gasteiger partial charge in [0.25, 0.3) is 0 Å². The Morgan fingerprint density at radius 3 is 2.21 bits per heavy atom. The largest absolute Gasteiger partial charge is 0.464 e. The maximum atomic E-state index is 12.1. The molecule has 0 amide bonds. The lowest BCUT2D eigenvalue weighted by Gasteiger charge is -2.30. The van der Waals surface area contributed by atoms with Crippen LogP contribution in [0.2, 0.25) is 0 Å². The lowest BCUT2D eigenvalue weighted by atomic mass is 9.77. The second-order valence-electron chi connectivity index (χ2n) is 5.61. The van der Waals surface area contributed by atoms with Gasteiger partial charge in [-0.25, -0.2) is 0 Å². The van der Waals surface area contributed by atoms with E-state index >= 15 is 0 Å². The zero-order valence-electron chi connectivity index (χ0n) is 13.8. The van der Waals surface area contributed by atoms with E-state index in [1.54, 1.807) is 0 Å². The van der Waals surface area contributed by atoms with Crippen LogP contribution in [0.15, 0.2) is 0 Å². The van der Waals surface area contributed by atoms with Gasteiger partial charge in [-0.15, -0.1) is 0 Å². The lowest BCUT2D eigenvalue weighted by molar-refractivity contribution is -0.158. The summed E-state index contributed by atoms with van der Waals surface area (Å²) in [6, 6.07) is 0. The number of carbonyl (C=O) groups is 1. The summed E-state index contributed by atoms with van der Waals surface area (Å²) >= 11 is 0. The van der Waals surface area contributed by atoms with E-state index in [0.29, 0.717) is 12.5 Å². The summed E-state index contributed by atoms with van der Waals surface area (Å²) in [6.45, 7) is 16.0. The highest BCUT2D eigenvalue weighted by molar-refractivity contribution is 5.76. The van der Waals surface area contributed by atoms with Crippen molar-refractivity contribution in [1.29, 1.82) is 0 Å². The molecule has 114 valence electrons. The molecule has 1 heterocycles. The average molecular weight is 271 g/mol. The van der Waals surface area contributed by atoms with E-state index in [0.717, 1.165) is 26.1 Å². The Morgan fingerprint density at radius 1 is 1.26 bits per heavy atom. The Hall–Kier alpha value is -0.570. The standard InChI is InChI=1S/C14H27NO2.C2H6/c1-5-14(4,12(2)3)13(16)17-11-10-15-8-6-7-9-15;1-2/h12H,5-11H2,1-4H3;1-2H3. The summed E-state index contributed by atoms with van der Waals surface area (Å²) in [5, 5.41) is 0. The SMILES string of the molecule is CC.CCC(C)(C(=O)OCCN1CCCC1)C(C)C. The van der Waals surface area contributed by atoms with Crippen LogP contribution in [0.25, 0.3) is 0 Å². The van der Waals surface area contributed by atoms with Crippen LogP contribution < -0.4 is 0 Å². The molecule has 0 spiro atoms. The van der Waals surface area contributed by atoms with Gasteiger partial charge in [-0.2, -0.15) is 0 Å². The molecular weight excluding hydrogens is 238 g/mol. The summed E-state index contributed by atoms with van der Waals surface area (Å²) in [7, 11) is 0. The lowest BCUT2D eigenvalue weighted by Crippen LogP contribution is -2.36. The maximum absolute atomic E-state index is 12.1. The molecule has 1 fully saturated rings. The molecule has 19 heavy (non-hydrogen) atoms. The highest BCUT2D eigenvalue weighted by atomic mass is 16.5. The van der Waals surface area contributed by atoms with E-state index in [-0.39, 0.29) is 11.4 Å². The molecule has 1 unspecified atom stereocenters. The molecule has 0 aliphatic carbocycles. The molecule has 3 nitrogen and oxygen atoms in total. The maximum Gasteiger partial charge on any atom is 0.312 e. The second-order valence-corrected chi connectivity index (χ2v) is 5.61. The number of ether oxygens (including phenoxy) is 1. The summed E-state index contributed by atoms with van der Waals surface area (Å²) in [5.41, 5.74) is -0.328. The van der Waals surface area contributed by atoms with Gasteiger partial charge in [0.15, 0.2) is 0 Å². The number of hydrogen-bond acceptors (Lipinski definition) is 3. The van der Waals surface area contributed by atoms with Gasteiger partial charge < -0.3 is 4.74 Å². The molecule has 0 aromatic heterocycles. The number of esters is 1. The van der Waals surface area contributed by atoms with Gasteiger partial charge in [0, 0.05) is 6.54 Å². The molecule has 1 rings (SSSR count). The third-order valence-electron chi connectivity index (χ3n) is 4.31. The van der Waals surface area contributed by atoms with Crippen molar-refractivity contribution in [2.45, 2.75) is 60.8 Å². The van der Waals surface area contributed by atoms with Crippen molar-refractivity contribution in [3.05, 3.63) is 0 Å². The van der Waals surface area contributed by atoms with E-state index in [1.807, 2.05) is 20.8 Å². The van der Waals surface area contributed by atoms with Crippen molar-refractivity contribution in [2.75, 3.05) is 26.2 Å². The molecule has 1 saturated heterocycles. The monoisotopic (exact) mass is 271 g/mol. The van der Waals surface area contributed by atoms with Crippen molar-refractivity contribution in [3.8, 4) is 0 Å². The fraction of sp³-hybridized carbons (Fsp3) is 0.938. The van der Waals surface area contributed by atoms with Crippen LogP contribution in [0.4, 0.5) is 0 Å². The molecule has 0 radical (unpaired) electrons. The first kappa shape index (κ1) is 18.4. The summed E-state index contributed by atoms with van der Waals surface area (Å²) in [6.07, 6.45) is 3.41. The number of carbonyl (C=O) groups excluding carboxylic acids is 1. The van der Waals surface area contributed by atoms with Crippen LogP contribution in [0.5, 0.6) is 0 Å². The molecule has 1 atom stereocenters. The van der Waals surface area contributed by atoms with Gasteiger partial charge in [0.2, 0.25) is 0 Å². The van der Waals surface area contributed by atoms with E-state index in [1.165, 1.54) is 12.8 Å². The first-order chi connectivity index (χ1) is 9.00. The Balaban J connectivity index is 0.00000154. The van der Waals surface area contributed by atoms with Crippen LogP contribution >= 0.6 is 0 Å². The fourth-order valence-electron chi connectivity index (χ4n) is 2.23. The number of nitrogens with zero attached hydrogens (tertiary/aromatic N) is 1. The third-order valence-corrected chi connectivity index (χ3v) is 4.31. The van der Waals surface area contributed by atoms with Gasteiger partial charge >= 0.3 is 5.97 Å². The molecule has 0 bridgehead atoms. The van der Waals surface area contributed by atoms with Crippen LogP contribution in [0, 0.1) is 11.3 Å². The molecule has 0 aromatic rings. The number of hydrogen-bond donors (Lipinski definition) is 0. The topological polar surface area (TPSA) is 29.5 Å². The minimum Gasteiger partial charge on any atom is -0.464 e. The predicted molar refractivity (Wildman–Crippen MR) is 81.2 cm³/mol. The normalized spacial score (nSPS) is 18.7. The third kappa shape index (κ3) is 5.52. The van der Waals surface area contributed by atoms with Gasteiger partial charge in [0.1, 0.15) is 6.61 Å². The van der Waals surface area contributed by atoms with Crippen molar-refractivity contribution >= 4 is 5.97 Å². The first-order valence-corrected chi connectivity index (χ1v) is 7.90. The smallest absolute Gasteiger partial charge is 0.312 e. The van der Waals surface area contributed by atoms with Crippen LogP contribution in [-0.2, 0) is 9.53 Å². The molecule has 0 aromatic carbocycles. The van der Waals surface area contributed by atoms with Gasteiger partial charge in [-0.3, -0.25) is 9.69 Å². The van der Waals surface area contributed by atoms with Crippen molar-refractivity contribution in [3.63, 3.8) is 0 Å². The predicted octanol–water partition coefficient (Wildman–Crippen LogP) is 3.72. The molecule has 0 saturated carbocycles. The van der Waals surface area contributed by atoms with E-state index in [2.05, 4.69) is 25.7 Å². The molecule has 0 N–H and O–H groups in total. The highest BCUT2D eigenvalue weighted by Crippen LogP contribution is 2.32. The molecular formula is C16H33NO2. The zero-order valence-corrected chi connectivity index (χ0v) is 13.8. The number of rotatable bonds is 6. The zero-order chi connectivity index (χ0) is 14.9. The first-order valence-electron chi connectivity index (χ1n) is 7.90. The number of likely N-dealkylation sites (tertiary alicyclic amines) is 1. The second kappa shape index (κ2) is 9.35. The summed E-state index contributed by atoms with van der Waals surface area (Å²) in [4.78, 5) is 14.4. The van der Waals surface area contributed by atoms with E-state index < -0.39 is 0 Å². The Kier molecular flexibility index (Phi) is 9.07. The minimum atomic E-state index is -0.328. The Morgan fingerprint density at radius 2 is 1.79 bits per heavy atom. The fourth-order valence-corrected chi connectivity index (χ4v) is 2.23. The average Bonchev–Trinajstić information content (AvgIpc) is 2.92. The minimum absolute atomic E-state index is 0.0332. The van der Waals surface area contributed by atoms with Crippen molar-refractivity contribution < 1.29 is 9.53 Å². The van der Waals surface area contributed by atoms with E-state index in [4.69, 9.17) is 4.74 Å². The Labute approximate surface area is 119 Å². The Bertz CT molecular complexity index is 247. The molecule has 1 aliphatic rings. The van der Waals surface area contributed by atoms with Gasteiger partial charge in [-0.1, -0.05) is 34.6 Å². The highest BCUT2D eigenvalue weighted by Gasteiger charge is 2.36. The summed E-state index contributed by atoms with van der Waals surface area (Å²) in [5.74, 6) is 0.293. The van der Waals surface area contributed by atoms with Crippen LogP contribution in [0.1, 0.15) is 60.8 Å². The summed E-state index contributed by atoms with van der Waals surface area (Å²) < 4.78 is 5.44. The van der Waals surface area contributed by atoms with Crippen LogP contribution in [-0.4, -0.2) is 37.1 Å². The van der Waals surface area contributed by atoms with Crippen LogP contribution in [0.3, 0.4) is 0 Å². The van der Waals surface area contributed by atoms with Crippen molar-refractivity contribution in [2.24, 2.45) is 11.3 Å². The molecule has 3 heteroatoms. The van der Waals surface area contributed by atoms with Gasteiger partial charge in [-0.05, 0) is 45.2 Å². The van der Waals surface area contributed by atoms with Crippen molar-refractivity contribution in [1.82, 2.24) is 4.90 Å². The molecule has 1 aliphatic heterocycles. The quantitative estimate of drug-likeness (QED) is 0.690.